The molecule has 5 heteroatoms. The van der Waals surface area contributed by atoms with E-state index in [-0.39, 0.29) is 11.7 Å². The number of Topliss-reactive ketones (excluding diaryl/α,β-unsaturated/α-hetero) is 1. The molecule has 0 bridgehead atoms. The van der Waals surface area contributed by atoms with Crippen molar-refractivity contribution in [1.82, 2.24) is 15.1 Å². The maximum Gasteiger partial charge on any atom is 0.253 e. The summed E-state index contributed by atoms with van der Waals surface area (Å²) < 4.78 is 0. The largest absolute Gasteiger partial charge is 0.339 e. The van der Waals surface area contributed by atoms with Gasteiger partial charge in [-0.1, -0.05) is 12.1 Å². The van der Waals surface area contributed by atoms with Gasteiger partial charge in [-0.3, -0.25) is 9.59 Å². The summed E-state index contributed by atoms with van der Waals surface area (Å²) in [6.07, 6.45) is 3.45. The lowest BCUT2D eigenvalue weighted by Gasteiger charge is -2.34. The van der Waals surface area contributed by atoms with Crippen LogP contribution in [0.25, 0.3) is 0 Å². The summed E-state index contributed by atoms with van der Waals surface area (Å²) in [5.74, 6) is 0.860. The third-order valence-corrected chi connectivity index (χ3v) is 5.50. The molecule has 2 saturated heterocycles. The molecule has 0 atom stereocenters. The molecular weight excluding hydrogens is 314 g/mol. The van der Waals surface area contributed by atoms with Crippen LogP contribution in [-0.4, -0.2) is 67.3 Å². The van der Waals surface area contributed by atoms with E-state index in [0.717, 1.165) is 58.0 Å². The van der Waals surface area contributed by atoms with E-state index in [9.17, 15) is 9.59 Å². The van der Waals surface area contributed by atoms with E-state index in [0.29, 0.717) is 11.1 Å². The minimum Gasteiger partial charge on any atom is -0.339 e. The highest BCUT2D eigenvalue weighted by atomic mass is 16.2. The average molecular weight is 343 g/mol. The maximum atomic E-state index is 12.6. The van der Waals surface area contributed by atoms with Crippen LogP contribution in [0.1, 0.15) is 46.9 Å². The maximum absolute atomic E-state index is 12.6. The molecule has 5 nitrogen and oxygen atoms in total. The molecule has 2 aliphatic rings. The van der Waals surface area contributed by atoms with Crippen LogP contribution in [-0.2, 0) is 0 Å². The summed E-state index contributed by atoms with van der Waals surface area (Å²) in [6, 6.07) is 7.04. The topological polar surface area (TPSA) is 52.7 Å². The minimum atomic E-state index is 0.0318. The Bertz CT molecular complexity index is 585. The lowest BCUT2D eigenvalue weighted by molar-refractivity contribution is 0.0679. The highest BCUT2D eigenvalue weighted by Gasteiger charge is 2.24. The number of benzene rings is 1. The number of amides is 1. The van der Waals surface area contributed by atoms with Gasteiger partial charge in [-0.2, -0.15) is 0 Å². The number of hydrogen-bond acceptors (Lipinski definition) is 4. The number of nitrogens with one attached hydrogen (secondary N) is 1. The molecule has 136 valence electrons. The summed E-state index contributed by atoms with van der Waals surface area (Å²) in [6.45, 7) is 8.96. The molecule has 0 aliphatic carbocycles. The Balaban J connectivity index is 1.44. The highest BCUT2D eigenvalue weighted by Crippen LogP contribution is 2.22. The molecule has 0 radical (unpaired) electrons. The fourth-order valence-electron chi connectivity index (χ4n) is 3.75. The Morgan fingerprint density at radius 3 is 2.20 bits per heavy atom. The summed E-state index contributed by atoms with van der Waals surface area (Å²) in [5.41, 5.74) is 1.34. The summed E-state index contributed by atoms with van der Waals surface area (Å²) in [5, 5.41) is 3.39. The van der Waals surface area contributed by atoms with Gasteiger partial charge in [-0.25, -0.2) is 0 Å². The fraction of sp³-hybridized carbons (Fsp3) is 0.600. The average Bonchev–Trinajstić information content (AvgIpc) is 2.67. The van der Waals surface area contributed by atoms with Crippen molar-refractivity contribution >= 4 is 11.7 Å². The predicted molar refractivity (Wildman–Crippen MR) is 99.0 cm³/mol. The molecule has 1 aromatic rings. The number of ketones is 1. The van der Waals surface area contributed by atoms with Crippen molar-refractivity contribution < 1.29 is 9.59 Å². The molecule has 2 heterocycles. The van der Waals surface area contributed by atoms with Crippen molar-refractivity contribution in [2.24, 2.45) is 5.92 Å². The predicted octanol–water partition coefficient (Wildman–Crippen LogP) is 2.04. The number of hydrogen-bond donors (Lipinski definition) is 1. The number of piperidine rings is 1. The Morgan fingerprint density at radius 1 is 1.00 bits per heavy atom. The van der Waals surface area contributed by atoms with Crippen molar-refractivity contribution in [2.75, 3.05) is 45.8 Å². The first kappa shape index (κ1) is 18.1. The number of carbonyl (C=O) groups is 2. The van der Waals surface area contributed by atoms with Crippen molar-refractivity contribution in [1.29, 1.82) is 0 Å². The van der Waals surface area contributed by atoms with E-state index < -0.39 is 0 Å². The normalized spacial score (nSPS) is 19.8. The summed E-state index contributed by atoms with van der Waals surface area (Å²) in [7, 11) is 0. The van der Waals surface area contributed by atoms with Gasteiger partial charge in [0.05, 0.1) is 0 Å². The van der Waals surface area contributed by atoms with E-state index >= 15 is 0 Å². The molecule has 2 fully saturated rings. The van der Waals surface area contributed by atoms with E-state index in [1.807, 2.05) is 4.90 Å². The first-order valence-electron chi connectivity index (χ1n) is 9.47. The molecule has 0 aromatic heterocycles. The van der Waals surface area contributed by atoms with Crippen molar-refractivity contribution in [3.05, 3.63) is 35.4 Å². The number of piperazine rings is 1. The Hall–Kier alpha value is -1.72. The van der Waals surface area contributed by atoms with E-state index in [1.165, 1.54) is 13.0 Å². The van der Waals surface area contributed by atoms with Gasteiger partial charge >= 0.3 is 0 Å². The first-order chi connectivity index (χ1) is 12.1. The van der Waals surface area contributed by atoms with Crippen LogP contribution in [0.15, 0.2) is 24.3 Å². The van der Waals surface area contributed by atoms with Crippen molar-refractivity contribution in [3.8, 4) is 0 Å². The lowest BCUT2D eigenvalue weighted by atomic mass is 9.93. The second-order valence-electron chi connectivity index (χ2n) is 7.25. The third-order valence-electron chi connectivity index (χ3n) is 5.50. The molecule has 0 unspecified atom stereocenters. The summed E-state index contributed by atoms with van der Waals surface area (Å²) >= 11 is 0. The summed E-state index contributed by atoms with van der Waals surface area (Å²) in [4.78, 5) is 28.5. The van der Waals surface area contributed by atoms with Crippen LogP contribution in [0.3, 0.4) is 0 Å². The smallest absolute Gasteiger partial charge is 0.253 e. The molecule has 0 spiro atoms. The van der Waals surface area contributed by atoms with Crippen LogP contribution in [0.2, 0.25) is 0 Å². The molecule has 1 N–H and O–H groups in total. The van der Waals surface area contributed by atoms with E-state index in [1.54, 1.807) is 31.2 Å². The van der Waals surface area contributed by atoms with Crippen molar-refractivity contribution in [2.45, 2.75) is 26.2 Å². The molecule has 0 saturated carbocycles. The zero-order chi connectivity index (χ0) is 17.6. The molecule has 25 heavy (non-hydrogen) atoms. The molecular formula is C20H29N3O2. The Morgan fingerprint density at radius 2 is 1.60 bits per heavy atom. The Kier molecular flexibility index (Phi) is 6.21. The SMILES string of the molecule is CC(=O)c1ccc(C(=O)N2CCC(CCN3CCNCC3)CC2)cc1. The zero-order valence-corrected chi connectivity index (χ0v) is 15.2. The van der Waals surface area contributed by atoms with Crippen LogP contribution in [0.5, 0.6) is 0 Å². The van der Waals surface area contributed by atoms with Gasteiger partial charge in [-0.15, -0.1) is 0 Å². The molecule has 1 amide bonds. The minimum absolute atomic E-state index is 0.0318. The standard InChI is InChI=1S/C20H29N3O2/c1-16(24)18-2-4-19(5-3-18)20(25)23-12-7-17(8-13-23)6-11-22-14-9-21-10-15-22/h2-5,17,21H,6-15H2,1H3. The van der Waals surface area contributed by atoms with Gasteiger partial charge in [0.2, 0.25) is 0 Å². The monoisotopic (exact) mass is 343 g/mol. The number of carbonyl (C=O) groups excluding carboxylic acids is 2. The Labute approximate surface area is 150 Å². The number of likely N-dealkylation sites (tertiary alicyclic amines) is 1. The van der Waals surface area contributed by atoms with Gasteiger partial charge in [-0.05, 0) is 50.8 Å². The van der Waals surface area contributed by atoms with Gasteiger partial charge in [0.1, 0.15) is 0 Å². The molecule has 1 aromatic carbocycles. The fourth-order valence-corrected chi connectivity index (χ4v) is 3.75. The number of rotatable bonds is 5. The van der Waals surface area contributed by atoms with Gasteiger partial charge in [0, 0.05) is 50.4 Å². The lowest BCUT2D eigenvalue weighted by Crippen LogP contribution is -2.44. The first-order valence-corrected chi connectivity index (χ1v) is 9.47. The van der Waals surface area contributed by atoms with Gasteiger partial charge < -0.3 is 15.1 Å². The third kappa shape index (κ3) is 4.89. The van der Waals surface area contributed by atoms with Crippen LogP contribution >= 0.6 is 0 Å². The molecule has 3 rings (SSSR count). The second-order valence-corrected chi connectivity index (χ2v) is 7.25. The van der Waals surface area contributed by atoms with E-state index in [2.05, 4.69) is 10.2 Å². The number of nitrogens with zero attached hydrogens (tertiary/aromatic N) is 2. The highest BCUT2D eigenvalue weighted by molar-refractivity contribution is 5.97. The van der Waals surface area contributed by atoms with Gasteiger partial charge in [0.25, 0.3) is 5.91 Å². The molecule has 2 aliphatic heterocycles. The van der Waals surface area contributed by atoms with Gasteiger partial charge in [0.15, 0.2) is 5.78 Å². The van der Waals surface area contributed by atoms with E-state index in [4.69, 9.17) is 0 Å². The zero-order valence-electron chi connectivity index (χ0n) is 15.2. The van der Waals surface area contributed by atoms with Crippen LogP contribution in [0.4, 0.5) is 0 Å². The van der Waals surface area contributed by atoms with Crippen molar-refractivity contribution in [3.63, 3.8) is 0 Å². The quantitative estimate of drug-likeness (QED) is 0.831. The van der Waals surface area contributed by atoms with Crippen LogP contribution < -0.4 is 5.32 Å². The second kappa shape index (κ2) is 8.59. The van der Waals surface area contributed by atoms with Crippen LogP contribution in [0, 0.1) is 5.92 Å².